The third kappa shape index (κ3) is 2.11. The van der Waals surface area contributed by atoms with Crippen molar-refractivity contribution in [2.45, 2.75) is 25.7 Å². The van der Waals surface area contributed by atoms with Crippen LogP contribution < -0.4 is 0 Å². The van der Waals surface area contributed by atoms with Gasteiger partial charge in [-0.1, -0.05) is 19.1 Å². The lowest BCUT2D eigenvalue weighted by molar-refractivity contribution is 0.322. The van der Waals surface area contributed by atoms with Gasteiger partial charge >= 0.3 is 0 Å². The molecule has 1 saturated heterocycles. The van der Waals surface area contributed by atoms with Crippen LogP contribution in [0.3, 0.4) is 0 Å². The minimum Gasteiger partial charge on any atom is -0.508 e. The Kier molecular flexibility index (Phi) is 3.79. The van der Waals surface area contributed by atoms with Crippen LogP contribution in [-0.2, 0) is 6.42 Å². The van der Waals surface area contributed by atoms with Gasteiger partial charge in [-0.05, 0) is 36.9 Å². The number of fused-ring (bicyclic) bond motifs is 3. The van der Waals surface area contributed by atoms with Crippen LogP contribution in [-0.4, -0.2) is 29.6 Å². The zero-order chi connectivity index (χ0) is 11.1. The van der Waals surface area contributed by atoms with Crippen LogP contribution in [0.1, 0.15) is 30.4 Å². The van der Waals surface area contributed by atoms with E-state index in [4.69, 9.17) is 0 Å². The van der Waals surface area contributed by atoms with Crippen molar-refractivity contribution in [2.24, 2.45) is 5.92 Å². The summed E-state index contributed by atoms with van der Waals surface area (Å²) in [5, 5.41) is 9.98. The third-order valence-corrected chi connectivity index (χ3v) is 4.08. The zero-order valence-corrected chi connectivity index (χ0v) is 11.9. The summed E-state index contributed by atoms with van der Waals surface area (Å²) >= 11 is 0. The molecule has 0 bridgehead atoms. The van der Waals surface area contributed by atoms with Crippen molar-refractivity contribution in [2.75, 3.05) is 19.6 Å². The highest BCUT2D eigenvalue weighted by atomic mass is 79.9. The number of hydrogen-bond acceptors (Lipinski definition) is 2. The van der Waals surface area contributed by atoms with Gasteiger partial charge in [-0.2, -0.15) is 0 Å². The number of benzene rings is 1. The Morgan fingerprint density at radius 2 is 2.18 bits per heavy atom. The summed E-state index contributed by atoms with van der Waals surface area (Å²) in [6.07, 6.45) is 2.39. The summed E-state index contributed by atoms with van der Waals surface area (Å²) in [6.45, 7) is 5.80. The van der Waals surface area contributed by atoms with Gasteiger partial charge in [0, 0.05) is 24.6 Å². The molecule has 94 valence electrons. The molecule has 2 aliphatic rings. The van der Waals surface area contributed by atoms with E-state index in [0.29, 0.717) is 11.7 Å². The molecule has 17 heavy (non-hydrogen) atoms. The molecule has 0 saturated carbocycles. The van der Waals surface area contributed by atoms with E-state index < -0.39 is 0 Å². The van der Waals surface area contributed by atoms with Gasteiger partial charge in [-0.15, -0.1) is 17.0 Å². The number of likely N-dealkylation sites (tertiary alicyclic amines) is 1. The van der Waals surface area contributed by atoms with Crippen LogP contribution in [0.2, 0.25) is 0 Å². The molecule has 2 nitrogen and oxygen atoms in total. The summed E-state index contributed by atoms with van der Waals surface area (Å²) in [6, 6.07) is 5.99. The van der Waals surface area contributed by atoms with Gasteiger partial charge in [0.25, 0.3) is 0 Å². The molecule has 0 spiro atoms. The lowest BCUT2D eigenvalue weighted by Crippen LogP contribution is -2.22. The maximum absolute atomic E-state index is 9.98. The van der Waals surface area contributed by atoms with Crippen LogP contribution in [0.4, 0.5) is 0 Å². The molecule has 0 aromatic heterocycles. The van der Waals surface area contributed by atoms with Crippen molar-refractivity contribution in [3.8, 4) is 5.75 Å². The second-order valence-electron chi connectivity index (χ2n) is 5.18. The number of phenolic OH excluding ortho intramolecular Hbond substituents is 1. The van der Waals surface area contributed by atoms with Crippen molar-refractivity contribution in [3.05, 3.63) is 29.3 Å². The standard InChI is InChI=1S/C14H19NO.BrH/c1-2-6-15-8-11-7-10-4-3-5-13(16)14(10)12(11)9-15;/h3-5,11-12,16H,2,6-9H2,1H3;1H. The monoisotopic (exact) mass is 297 g/mol. The molecule has 2 atom stereocenters. The highest BCUT2D eigenvalue weighted by Crippen LogP contribution is 2.46. The first-order valence-electron chi connectivity index (χ1n) is 6.32. The van der Waals surface area contributed by atoms with Gasteiger partial charge in [0.05, 0.1) is 0 Å². The van der Waals surface area contributed by atoms with E-state index in [9.17, 15) is 5.11 Å². The van der Waals surface area contributed by atoms with Gasteiger partial charge in [0.15, 0.2) is 0 Å². The minimum absolute atomic E-state index is 0. The summed E-state index contributed by atoms with van der Waals surface area (Å²) in [4.78, 5) is 2.55. The fourth-order valence-electron chi connectivity index (χ4n) is 3.48. The van der Waals surface area contributed by atoms with Crippen LogP contribution in [0.25, 0.3) is 0 Å². The Hall–Kier alpha value is -0.540. The van der Waals surface area contributed by atoms with Gasteiger partial charge in [-0.25, -0.2) is 0 Å². The average molecular weight is 298 g/mol. The van der Waals surface area contributed by atoms with Crippen LogP contribution in [0.5, 0.6) is 5.75 Å². The highest BCUT2D eigenvalue weighted by molar-refractivity contribution is 8.93. The van der Waals surface area contributed by atoms with Crippen molar-refractivity contribution >= 4 is 17.0 Å². The predicted molar refractivity (Wildman–Crippen MR) is 75.1 cm³/mol. The SMILES string of the molecule is Br.CCCN1CC2Cc3cccc(O)c3C2C1. The van der Waals surface area contributed by atoms with Crippen molar-refractivity contribution in [1.82, 2.24) is 4.90 Å². The van der Waals surface area contributed by atoms with Gasteiger partial charge < -0.3 is 10.0 Å². The molecule has 1 aliphatic heterocycles. The number of hydrogen-bond donors (Lipinski definition) is 1. The smallest absolute Gasteiger partial charge is 0.119 e. The quantitative estimate of drug-likeness (QED) is 0.907. The molecule has 1 N–H and O–H groups in total. The molecule has 1 aliphatic carbocycles. The van der Waals surface area contributed by atoms with Crippen LogP contribution >= 0.6 is 17.0 Å². The first kappa shape index (κ1) is 12.9. The number of rotatable bonds is 2. The number of aromatic hydroxyl groups is 1. The predicted octanol–water partition coefficient (Wildman–Crippen LogP) is 2.95. The maximum Gasteiger partial charge on any atom is 0.119 e. The molecule has 1 aromatic carbocycles. The Morgan fingerprint density at radius 3 is 2.94 bits per heavy atom. The molecule has 1 heterocycles. The fraction of sp³-hybridized carbons (Fsp3) is 0.571. The molecule has 0 radical (unpaired) electrons. The summed E-state index contributed by atoms with van der Waals surface area (Å²) in [7, 11) is 0. The first-order valence-corrected chi connectivity index (χ1v) is 6.32. The van der Waals surface area contributed by atoms with Crippen molar-refractivity contribution in [1.29, 1.82) is 0 Å². The molecule has 1 aromatic rings. The van der Waals surface area contributed by atoms with E-state index in [1.807, 2.05) is 12.1 Å². The molecule has 3 rings (SSSR count). The maximum atomic E-state index is 9.98. The minimum atomic E-state index is 0. The second-order valence-corrected chi connectivity index (χ2v) is 5.18. The van der Waals surface area contributed by atoms with E-state index >= 15 is 0 Å². The number of halogens is 1. The number of phenols is 1. The summed E-state index contributed by atoms with van der Waals surface area (Å²) < 4.78 is 0. The summed E-state index contributed by atoms with van der Waals surface area (Å²) in [5.41, 5.74) is 2.62. The zero-order valence-electron chi connectivity index (χ0n) is 10.2. The fourth-order valence-corrected chi connectivity index (χ4v) is 3.48. The normalized spacial score (nSPS) is 26.4. The molecule has 1 fully saturated rings. The van der Waals surface area contributed by atoms with E-state index in [1.165, 1.54) is 30.6 Å². The lowest BCUT2D eigenvalue weighted by Gasteiger charge is -2.16. The van der Waals surface area contributed by atoms with Crippen molar-refractivity contribution in [3.63, 3.8) is 0 Å². The Balaban J connectivity index is 0.00000108. The lowest BCUT2D eigenvalue weighted by atomic mass is 9.96. The van der Waals surface area contributed by atoms with Crippen LogP contribution in [0, 0.1) is 5.92 Å². The first-order chi connectivity index (χ1) is 7.79. The van der Waals surface area contributed by atoms with Gasteiger partial charge in [0.2, 0.25) is 0 Å². The van der Waals surface area contributed by atoms with Gasteiger partial charge in [0.1, 0.15) is 5.75 Å². The van der Waals surface area contributed by atoms with Crippen molar-refractivity contribution < 1.29 is 5.11 Å². The van der Waals surface area contributed by atoms with E-state index in [1.54, 1.807) is 0 Å². The van der Waals surface area contributed by atoms with E-state index in [-0.39, 0.29) is 17.0 Å². The Morgan fingerprint density at radius 1 is 1.35 bits per heavy atom. The largest absolute Gasteiger partial charge is 0.508 e. The molecule has 3 heteroatoms. The Bertz CT molecular complexity index is 407. The highest BCUT2D eigenvalue weighted by Gasteiger charge is 2.40. The van der Waals surface area contributed by atoms with Gasteiger partial charge in [-0.3, -0.25) is 0 Å². The van der Waals surface area contributed by atoms with E-state index in [2.05, 4.69) is 17.9 Å². The molecule has 2 unspecified atom stereocenters. The molecular weight excluding hydrogens is 278 g/mol. The average Bonchev–Trinajstić information content (AvgIpc) is 2.75. The third-order valence-electron chi connectivity index (χ3n) is 4.08. The summed E-state index contributed by atoms with van der Waals surface area (Å²) in [5.74, 6) is 1.85. The Labute approximate surface area is 113 Å². The van der Waals surface area contributed by atoms with Crippen LogP contribution in [0.15, 0.2) is 18.2 Å². The molecule has 0 amide bonds. The number of nitrogens with zero attached hydrogens (tertiary/aromatic N) is 1. The topological polar surface area (TPSA) is 23.5 Å². The van der Waals surface area contributed by atoms with E-state index in [0.717, 1.165) is 18.9 Å². The second kappa shape index (κ2) is 4.99. The molecular formula is C14H20BrNO.